The first-order valence-electron chi connectivity index (χ1n) is 7.71. The molecule has 1 N–H and O–H groups in total. The quantitative estimate of drug-likeness (QED) is 0.909. The van der Waals surface area contributed by atoms with E-state index >= 15 is 0 Å². The largest absolute Gasteiger partial charge is 0.507 e. The number of likely N-dealkylation sites (N-methyl/N-ethyl adjacent to an activating group) is 1. The van der Waals surface area contributed by atoms with Gasteiger partial charge in [-0.15, -0.1) is 0 Å². The van der Waals surface area contributed by atoms with Gasteiger partial charge in [0.15, 0.2) is 5.78 Å². The van der Waals surface area contributed by atoms with Gasteiger partial charge >= 0.3 is 0 Å². The number of carbonyl (C=O) groups is 1. The number of nitrogens with zero attached hydrogens (tertiary/aromatic N) is 1. The van der Waals surface area contributed by atoms with Crippen molar-refractivity contribution in [1.82, 2.24) is 4.90 Å². The fourth-order valence-electron chi connectivity index (χ4n) is 3.91. The molecule has 1 aromatic carbocycles. The van der Waals surface area contributed by atoms with Gasteiger partial charge in [-0.1, -0.05) is 6.92 Å². The predicted molar refractivity (Wildman–Crippen MR) is 81.3 cm³/mol. The smallest absolute Gasteiger partial charge is 0.167 e. The normalized spacial score (nSPS) is 25.4. The molecule has 0 amide bonds. The topological polar surface area (TPSA) is 49.8 Å². The number of ether oxygens (including phenoxy) is 1. The lowest BCUT2D eigenvalue weighted by atomic mass is 9.70. The number of aromatic hydroxyl groups is 1. The van der Waals surface area contributed by atoms with Gasteiger partial charge in [0.25, 0.3) is 0 Å². The van der Waals surface area contributed by atoms with E-state index in [1.165, 1.54) is 0 Å². The van der Waals surface area contributed by atoms with E-state index in [4.69, 9.17) is 4.74 Å². The van der Waals surface area contributed by atoms with Crippen molar-refractivity contribution in [2.24, 2.45) is 5.92 Å². The van der Waals surface area contributed by atoms with Crippen LogP contribution in [0.5, 0.6) is 11.5 Å². The maximum absolute atomic E-state index is 12.5. The van der Waals surface area contributed by atoms with Crippen LogP contribution in [0.25, 0.3) is 0 Å². The molecule has 1 aromatic rings. The Morgan fingerprint density at radius 3 is 2.90 bits per heavy atom. The van der Waals surface area contributed by atoms with E-state index in [0.717, 1.165) is 30.6 Å². The number of benzene rings is 1. The first-order chi connectivity index (χ1) is 10.1. The van der Waals surface area contributed by atoms with Gasteiger partial charge in [-0.2, -0.15) is 0 Å². The molecule has 1 aliphatic carbocycles. The lowest BCUT2D eigenvalue weighted by Gasteiger charge is -2.40. The Morgan fingerprint density at radius 2 is 2.24 bits per heavy atom. The van der Waals surface area contributed by atoms with Crippen molar-refractivity contribution in [3.05, 3.63) is 22.8 Å². The molecule has 2 atom stereocenters. The van der Waals surface area contributed by atoms with Crippen molar-refractivity contribution in [3.63, 3.8) is 0 Å². The molecular formula is C17H23NO3. The van der Waals surface area contributed by atoms with Crippen LogP contribution >= 0.6 is 0 Å². The number of carbonyl (C=O) groups excluding carboxylic acids is 1. The Bertz CT molecular complexity index is 582. The summed E-state index contributed by atoms with van der Waals surface area (Å²) in [5, 5.41) is 10.6. The number of phenols is 1. The average Bonchev–Trinajstić information content (AvgIpc) is 2.47. The molecule has 0 radical (unpaired) electrons. The fraction of sp³-hybridized carbons (Fsp3) is 0.588. The van der Waals surface area contributed by atoms with Gasteiger partial charge in [-0.3, -0.25) is 4.79 Å². The van der Waals surface area contributed by atoms with Crippen molar-refractivity contribution in [3.8, 4) is 11.5 Å². The first kappa shape index (κ1) is 14.4. The van der Waals surface area contributed by atoms with Crippen LogP contribution in [0.3, 0.4) is 0 Å². The minimum absolute atomic E-state index is 0.0886. The summed E-state index contributed by atoms with van der Waals surface area (Å²) in [7, 11) is 3.74. The van der Waals surface area contributed by atoms with E-state index in [2.05, 4.69) is 11.9 Å². The highest BCUT2D eigenvalue weighted by Crippen LogP contribution is 2.47. The van der Waals surface area contributed by atoms with E-state index in [1.807, 2.05) is 13.0 Å². The molecule has 1 fully saturated rings. The fourth-order valence-corrected chi connectivity index (χ4v) is 3.91. The molecule has 0 saturated carbocycles. The standard InChI is InChI=1S/C17H23NO3/c1-4-11-15(21-3)8-12-13-9-18(2)6-5-10(13)7-14(19)16(12)17(11)20/h8,10,13,20H,4-7,9H2,1-3H3/t10-,13-/m0/s1. The SMILES string of the molecule is CCc1c(OC)cc2c(c1O)C(=O)C[C@@H]1CCN(C)C[C@H]21. The number of methoxy groups -OCH3 is 1. The van der Waals surface area contributed by atoms with Crippen molar-refractivity contribution in [2.45, 2.75) is 32.1 Å². The third-order valence-electron chi connectivity index (χ3n) is 5.05. The van der Waals surface area contributed by atoms with Gasteiger partial charge in [-0.25, -0.2) is 0 Å². The van der Waals surface area contributed by atoms with Crippen LogP contribution in [0, 0.1) is 5.92 Å². The molecule has 0 bridgehead atoms. The molecule has 114 valence electrons. The van der Waals surface area contributed by atoms with Crippen LogP contribution in [0.15, 0.2) is 6.07 Å². The zero-order valence-electron chi connectivity index (χ0n) is 13.0. The Hall–Kier alpha value is -1.55. The summed E-state index contributed by atoms with van der Waals surface area (Å²) < 4.78 is 5.44. The van der Waals surface area contributed by atoms with Crippen LogP contribution in [-0.4, -0.2) is 43.0 Å². The van der Waals surface area contributed by atoms with Crippen LogP contribution < -0.4 is 4.74 Å². The summed E-state index contributed by atoms with van der Waals surface area (Å²) in [5.41, 5.74) is 2.27. The van der Waals surface area contributed by atoms with Crippen LogP contribution in [0.1, 0.15) is 47.2 Å². The first-order valence-corrected chi connectivity index (χ1v) is 7.71. The highest BCUT2D eigenvalue weighted by molar-refractivity contribution is 6.02. The number of hydrogen-bond donors (Lipinski definition) is 1. The Labute approximate surface area is 125 Å². The zero-order chi connectivity index (χ0) is 15.1. The second kappa shape index (κ2) is 5.34. The van der Waals surface area contributed by atoms with E-state index in [1.54, 1.807) is 7.11 Å². The van der Waals surface area contributed by atoms with E-state index < -0.39 is 0 Å². The van der Waals surface area contributed by atoms with E-state index in [9.17, 15) is 9.90 Å². The molecule has 2 aliphatic rings. The Balaban J connectivity index is 2.16. The lowest BCUT2D eigenvalue weighted by molar-refractivity contribution is 0.0883. The van der Waals surface area contributed by atoms with Gasteiger partial charge in [0.1, 0.15) is 11.5 Å². The third kappa shape index (κ3) is 2.22. The second-order valence-corrected chi connectivity index (χ2v) is 6.27. The maximum atomic E-state index is 12.5. The molecule has 0 unspecified atom stereocenters. The number of likely N-dealkylation sites (tertiary alicyclic amines) is 1. The Morgan fingerprint density at radius 1 is 1.48 bits per heavy atom. The van der Waals surface area contributed by atoms with Gasteiger partial charge in [0, 0.05) is 24.4 Å². The number of ketones is 1. The summed E-state index contributed by atoms with van der Waals surface area (Å²) in [4.78, 5) is 14.8. The molecule has 1 saturated heterocycles. The Kier molecular flexibility index (Phi) is 3.66. The van der Waals surface area contributed by atoms with Crippen molar-refractivity contribution in [1.29, 1.82) is 0 Å². The summed E-state index contributed by atoms with van der Waals surface area (Å²) >= 11 is 0. The van der Waals surface area contributed by atoms with Crippen LogP contribution in [-0.2, 0) is 6.42 Å². The summed E-state index contributed by atoms with van der Waals surface area (Å²) in [6.45, 7) is 3.95. The highest BCUT2D eigenvalue weighted by atomic mass is 16.5. The van der Waals surface area contributed by atoms with Crippen LogP contribution in [0.4, 0.5) is 0 Å². The number of rotatable bonds is 2. The van der Waals surface area contributed by atoms with E-state index in [-0.39, 0.29) is 11.5 Å². The minimum Gasteiger partial charge on any atom is -0.507 e. The van der Waals surface area contributed by atoms with Crippen molar-refractivity contribution >= 4 is 5.78 Å². The van der Waals surface area contributed by atoms with E-state index in [0.29, 0.717) is 36.0 Å². The number of fused-ring (bicyclic) bond motifs is 3. The number of piperidine rings is 1. The summed E-state index contributed by atoms with van der Waals surface area (Å²) in [6, 6.07) is 1.99. The van der Waals surface area contributed by atoms with Gasteiger partial charge in [0.2, 0.25) is 0 Å². The summed E-state index contributed by atoms with van der Waals surface area (Å²) in [5.74, 6) is 1.66. The number of phenolic OH excluding ortho intramolecular Hbond substituents is 1. The molecule has 0 spiro atoms. The third-order valence-corrected chi connectivity index (χ3v) is 5.05. The van der Waals surface area contributed by atoms with Gasteiger partial charge in [-0.05, 0) is 44.0 Å². The lowest BCUT2D eigenvalue weighted by Crippen LogP contribution is -2.40. The molecule has 1 heterocycles. The van der Waals surface area contributed by atoms with Gasteiger partial charge in [0.05, 0.1) is 12.7 Å². The predicted octanol–water partition coefficient (Wildman–Crippen LogP) is 2.58. The molecule has 21 heavy (non-hydrogen) atoms. The molecule has 4 nitrogen and oxygen atoms in total. The van der Waals surface area contributed by atoms with Crippen molar-refractivity contribution in [2.75, 3.05) is 27.2 Å². The number of Topliss-reactive ketones (excluding diaryl/α,β-unsaturated/α-hetero) is 1. The molecule has 1 aliphatic heterocycles. The maximum Gasteiger partial charge on any atom is 0.167 e. The van der Waals surface area contributed by atoms with Crippen LogP contribution in [0.2, 0.25) is 0 Å². The monoisotopic (exact) mass is 289 g/mol. The molecule has 4 heteroatoms. The van der Waals surface area contributed by atoms with Gasteiger partial charge < -0.3 is 14.7 Å². The zero-order valence-corrected chi connectivity index (χ0v) is 13.0. The molecule has 3 rings (SSSR count). The highest BCUT2D eigenvalue weighted by Gasteiger charge is 2.39. The summed E-state index contributed by atoms with van der Waals surface area (Å²) in [6.07, 6.45) is 2.27. The number of hydrogen-bond acceptors (Lipinski definition) is 4. The molecule has 0 aromatic heterocycles. The minimum atomic E-state index is 0.0886. The second-order valence-electron chi connectivity index (χ2n) is 6.27. The molecular weight excluding hydrogens is 266 g/mol. The van der Waals surface area contributed by atoms with Crippen molar-refractivity contribution < 1.29 is 14.6 Å². The average molecular weight is 289 g/mol.